The third-order valence-corrected chi connectivity index (χ3v) is 4.33. The molecule has 0 N–H and O–H groups in total. The molecule has 29 heavy (non-hydrogen) atoms. The Kier molecular flexibility index (Phi) is 9.80. The van der Waals surface area contributed by atoms with E-state index >= 15 is 0 Å². The molecule has 0 bridgehead atoms. The zero-order valence-electron chi connectivity index (χ0n) is 16.8. The first-order valence-corrected chi connectivity index (χ1v) is 9.58. The molecule has 2 rings (SSSR count). The third kappa shape index (κ3) is 8.75. The van der Waals surface area contributed by atoms with Crippen molar-refractivity contribution in [1.29, 1.82) is 0 Å². The predicted octanol–water partition coefficient (Wildman–Crippen LogP) is 5.06. The molecular weight excluding hydrogens is 383 g/mol. The van der Waals surface area contributed by atoms with Crippen LogP contribution < -0.4 is 9.47 Å². The van der Waals surface area contributed by atoms with E-state index in [1.165, 1.54) is 0 Å². The van der Waals surface area contributed by atoms with Gasteiger partial charge in [-0.15, -0.1) is 0 Å². The van der Waals surface area contributed by atoms with E-state index in [-0.39, 0.29) is 0 Å². The van der Waals surface area contributed by atoms with Gasteiger partial charge in [-0.05, 0) is 69.2 Å². The minimum Gasteiger partial charge on any atom is -0.464 e. The molecular formula is C22H28F3NO3. The molecule has 2 aromatic rings. The van der Waals surface area contributed by atoms with Crippen LogP contribution in [0.1, 0.15) is 24.0 Å². The van der Waals surface area contributed by atoms with E-state index in [0.717, 1.165) is 17.7 Å². The standard InChI is InChI=1S/C22H28F3NO3/c1-26(2)14-6-11-21(29-22(24)25)28-20-10-4-3-8-18(20)13-12-17-7-5-9-19(15-17)27-16-23/h3-5,7-10,15,21-22H,6,11-14,16H2,1-2H3/t21-/m1/s1. The quantitative estimate of drug-likeness (QED) is 0.431. The Hall–Kier alpha value is -2.25. The zero-order chi connectivity index (χ0) is 21.1. The zero-order valence-corrected chi connectivity index (χ0v) is 16.8. The van der Waals surface area contributed by atoms with E-state index in [0.29, 0.717) is 37.2 Å². The number of alkyl halides is 3. The summed E-state index contributed by atoms with van der Waals surface area (Å²) in [6.07, 6.45) is 1.32. The summed E-state index contributed by atoms with van der Waals surface area (Å²) in [5.41, 5.74) is 1.87. The van der Waals surface area contributed by atoms with Crippen molar-refractivity contribution in [2.24, 2.45) is 0 Å². The molecule has 0 saturated carbocycles. The van der Waals surface area contributed by atoms with Crippen molar-refractivity contribution >= 4 is 0 Å². The maximum atomic E-state index is 12.8. The van der Waals surface area contributed by atoms with Gasteiger partial charge in [-0.25, -0.2) is 4.39 Å². The second-order valence-corrected chi connectivity index (χ2v) is 6.90. The van der Waals surface area contributed by atoms with Crippen LogP contribution in [0.2, 0.25) is 0 Å². The normalized spacial score (nSPS) is 12.4. The topological polar surface area (TPSA) is 30.9 Å². The van der Waals surface area contributed by atoms with E-state index in [4.69, 9.17) is 9.47 Å². The van der Waals surface area contributed by atoms with Crippen molar-refractivity contribution in [2.45, 2.75) is 38.6 Å². The number of rotatable bonds is 13. The van der Waals surface area contributed by atoms with E-state index in [9.17, 15) is 13.2 Å². The van der Waals surface area contributed by atoms with Crippen molar-refractivity contribution in [3.8, 4) is 11.5 Å². The first kappa shape index (κ1) is 23.0. The summed E-state index contributed by atoms with van der Waals surface area (Å²) in [4.78, 5) is 1.98. The van der Waals surface area contributed by atoms with Gasteiger partial charge in [0.05, 0.1) is 0 Å². The molecule has 4 nitrogen and oxygen atoms in total. The van der Waals surface area contributed by atoms with E-state index in [1.807, 2.05) is 37.2 Å². The van der Waals surface area contributed by atoms with Crippen LogP contribution >= 0.6 is 0 Å². The minimum absolute atomic E-state index is 0.361. The van der Waals surface area contributed by atoms with Gasteiger partial charge in [0.25, 0.3) is 0 Å². The number of nitrogens with zero attached hydrogens (tertiary/aromatic N) is 1. The highest BCUT2D eigenvalue weighted by atomic mass is 19.3. The summed E-state index contributed by atoms with van der Waals surface area (Å²) >= 11 is 0. The van der Waals surface area contributed by atoms with Crippen LogP contribution in [0.3, 0.4) is 0 Å². The summed E-state index contributed by atoms with van der Waals surface area (Å²) in [6.45, 7) is -3.02. The van der Waals surface area contributed by atoms with Gasteiger partial charge < -0.3 is 14.4 Å². The lowest BCUT2D eigenvalue weighted by atomic mass is 10.0. The summed E-state index contributed by atoms with van der Waals surface area (Å²) in [7, 11) is 3.85. The number of para-hydroxylation sites is 1. The van der Waals surface area contributed by atoms with E-state index in [1.54, 1.807) is 30.3 Å². The lowest BCUT2D eigenvalue weighted by molar-refractivity contribution is -0.219. The largest absolute Gasteiger partial charge is 0.464 e. The van der Waals surface area contributed by atoms with Crippen molar-refractivity contribution < 1.29 is 27.4 Å². The molecule has 0 heterocycles. The van der Waals surface area contributed by atoms with Gasteiger partial charge in [0.1, 0.15) is 11.5 Å². The van der Waals surface area contributed by atoms with Gasteiger partial charge >= 0.3 is 6.61 Å². The lowest BCUT2D eigenvalue weighted by Gasteiger charge is -2.21. The molecule has 0 fully saturated rings. The second kappa shape index (κ2) is 12.3. The fourth-order valence-corrected chi connectivity index (χ4v) is 2.94. The number of hydrogen-bond donors (Lipinski definition) is 0. The van der Waals surface area contributed by atoms with Crippen molar-refractivity contribution in [1.82, 2.24) is 4.90 Å². The molecule has 7 heteroatoms. The monoisotopic (exact) mass is 411 g/mol. The van der Waals surface area contributed by atoms with Gasteiger partial charge in [-0.2, -0.15) is 8.78 Å². The molecule has 0 spiro atoms. The number of halogens is 3. The Bertz CT molecular complexity index is 728. The van der Waals surface area contributed by atoms with Gasteiger partial charge in [0.2, 0.25) is 13.2 Å². The Morgan fingerprint density at radius 2 is 1.79 bits per heavy atom. The maximum absolute atomic E-state index is 12.8. The first-order valence-electron chi connectivity index (χ1n) is 9.58. The Labute approximate surface area is 170 Å². The smallest absolute Gasteiger partial charge is 0.348 e. The fraction of sp³-hybridized carbons (Fsp3) is 0.455. The molecule has 0 aliphatic carbocycles. The molecule has 0 radical (unpaired) electrons. The highest BCUT2D eigenvalue weighted by Crippen LogP contribution is 2.24. The van der Waals surface area contributed by atoms with Crippen LogP contribution in [0, 0.1) is 0 Å². The molecule has 160 valence electrons. The highest BCUT2D eigenvalue weighted by molar-refractivity contribution is 5.35. The summed E-state index contributed by atoms with van der Waals surface area (Å²) in [5.74, 6) is 1.000. The molecule has 0 aromatic heterocycles. The molecule has 0 aliphatic rings. The van der Waals surface area contributed by atoms with Crippen LogP contribution in [-0.4, -0.2) is 45.3 Å². The van der Waals surface area contributed by atoms with Gasteiger partial charge in [-0.3, -0.25) is 4.74 Å². The Morgan fingerprint density at radius 3 is 2.52 bits per heavy atom. The summed E-state index contributed by atoms with van der Waals surface area (Å²) in [5, 5.41) is 0. The van der Waals surface area contributed by atoms with Crippen molar-refractivity contribution in [2.75, 3.05) is 27.5 Å². The average Bonchev–Trinajstić information content (AvgIpc) is 2.67. The predicted molar refractivity (Wildman–Crippen MR) is 106 cm³/mol. The van der Waals surface area contributed by atoms with E-state index in [2.05, 4.69) is 4.74 Å². The van der Waals surface area contributed by atoms with Gasteiger partial charge in [-0.1, -0.05) is 30.3 Å². The molecule has 0 amide bonds. The van der Waals surface area contributed by atoms with Crippen LogP contribution in [0.25, 0.3) is 0 Å². The summed E-state index contributed by atoms with van der Waals surface area (Å²) < 4.78 is 53.3. The van der Waals surface area contributed by atoms with Gasteiger partial charge in [0.15, 0.2) is 0 Å². The number of hydrogen-bond acceptors (Lipinski definition) is 4. The Morgan fingerprint density at radius 1 is 1.00 bits per heavy atom. The number of benzene rings is 2. The number of ether oxygens (including phenoxy) is 3. The van der Waals surface area contributed by atoms with Crippen LogP contribution in [0.15, 0.2) is 48.5 Å². The third-order valence-electron chi connectivity index (χ3n) is 4.33. The van der Waals surface area contributed by atoms with Gasteiger partial charge in [0, 0.05) is 6.42 Å². The molecule has 0 unspecified atom stereocenters. The second-order valence-electron chi connectivity index (χ2n) is 6.90. The van der Waals surface area contributed by atoms with Crippen LogP contribution in [0.5, 0.6) is 11.5 Å². The van der Waals surface area contributed by atoms with Crippen molar-refractivity contribution in [3.63, 3.8) is 0 Å². The SMILES string of the molecule is CN(C)CCC[C@H](Oc1ccccc1CCc1cccc(OCF)c1)OC(F)F. The minimum atomic E-state index is -2.90. The average molecular weight is 411 g/mol. The first-order chi connectivity index (χ1) is 14.0. The van der Waals surface area contributed by atoms with E-state index < -0.39 is 19.8 Å². The Balaban J connectivity index is 2.02. The lowest BCUT2D eigenvalue weighted by Crippen LogP contribution is -2.25. The maximum Gasteiger partial charge on any atom is 0.348 e. The van der Waals surface area contributed by atoms with Crippen molar-refractivity contribution in [3.05, 3.63) is 59.7 Å². The molecule has 2 aromatic carbocycles. The fourth-order valence-electron chi connectivity index (χ4n) is 2.94. The number of aryl methyl sites for hydroxylation is 2. The molecule has 1 atom stereocenters. The van der Waals surface area contributed by atoms with Crippen LogP contribution in [0.4, 0.5) is 13.2 Å². The summed E-state index contributed by atoms with van der Waals surface area (Å²) in [6, 6.07) is 14.5. The highest BCUT2D eigenvalue weighted by Gasteiger charge is 2.18. The molecule has 0 aliphatic heterocycles. The van der Waals surface area contributed by atoms with Crippen LogP contribution in [-0.2, 0) is 17.6 Å². The molecule has 0 saturated heterocycles.